The van der Waals surface area contributed by atoms with Gasteiger partial charge in [-0.3, -0.25) is 0 Å². The van der Waals surface area contributed by atoms with Gasteiger partial charge in [0.2, 0.25) is 0 Å². The predicted octanol–water partition coefficient (Wildman–Crippen LogP) is 3.96. The van der Waals surface area contributed by atoms with Gasteiger partial charge in [-0.15, -0.1) is 0 Å². The molecule has 0 spiro atoms. The Kier molecular flexibility index (Phi) is 4.97. The number of hydrogen-bond acceptors (Lipinski definition) is 1. The van der Waals surface area contributed by atoms with Gasteiger partial charge in [-0.1, -0.05) is 55.8 Å². The molecule has 0 N–H and O–H groups in total. The quantitative estimate of drug-likeness (QED) is 0.538. The van der Waals surface area contributed by atoms with E-state index in [9.17, 15) is 4.79 Å². The second-order valence-corrected chi connectivity index (χ2v) is 4.24. The first-order chi connectivity index (χ1) is 7.70. The van der Waals surface area contributed by atoms with E-state index in [-0.39, 0.29) is 11.8 Å². The Morgan fingerprint density at radius 3 is 2.44 bits per heavy atom. The van der Waals surface area contributed by atoms with Crippen LogP contribution in [0.5, 0.6) is 0 Å². The molecule has 0 fully saturated rings. The number of allylic oxidation sites excluding steroid dienone is 2. The second-order valence-electron chi connectivity index (χ2n) is 4.24. The predicted molar refractivity (Wildman–Crippen MR) is 68.5 cm³/mol. The number of carbonyl (C=O) groups excluding carboxylic acids is 1. The molecule has 0 aliphatic heterocycles. The van der Waals surface area contributed by atoms with Crippen molar-refractivity contribution in [1.82, 2.24) is 0 Å². The van der Waals surface area contributed by atoms with Crippen molar-refractivity contribution in [3.8, 4) is 0 Å². The minimum atomic E-state index is 0.0326. The Labute approximate surface area is 98.2 Å². The molecule has 0 bridgehead atoms. The molecule has 1 aromatic rings. The van der Waals surface area contributed by atoms with Crippen molar-refractivity contribution in [3.63, 3.8) is 0 Å². The molecule has 1 nitrogen and oxygen atoms in total. The molecule has 1 rings (SSSR count). The lowest BCUT2D eigenvalue weighted by Gasteiger charge is -2.21. The van der Waals surface area contributed by atoms with Gasteiger partial charge >= 0.3 is 0 Å². The third-order valence-corrected chi connectivity index (χ3v) is 2.92. The van der Waals surface area contributed by atoms with Crippen molar-refractivity contribution < 1.29 is 4.79 Å². The first-order valence-corrected chi connectivity index (χ1v) is 5.87. The average Bonchev–Trinajstić information content (AvgIpc) is 2.31. The summed E-state index contributed by atoms with van der Waals surface area (Å²) in [7, 11) is 0. The van der Waals surface area contributed by atoms with Gasteiger partial charge in [0.25, 0.3) is 0 Å². The van der Waals surface area contributed by atoms with Gasteiger partial charge in [0.15, 0.2) is 0 Å². The summed E-state index contributed by atoms with van der Waals surface area (Å²) >= 11 is 0. The van der Waals surface area contributed by atoms with E-state index in [1.54, 1.807) is 0 Å². The average molecular weight is 216 g/mol. The molecular weight excluding hydrogens is 196 g/mol. The van der Waals surface area contributed by atoms with Gasteiger partial charge < -0.3 is 4.79 Å². The maximum Gasteiger partial charge on any atom is 0.123 e. The summed E-state index contributed by atoms with van der Waals surface area (Å²) < 4.78 is 0. The van der Waals surface area contributed by atoms with Crippen LogP contribution in [0.2, 0.25) is 0 Å². The molecule has 0 amide bonds. The van der Waals surface area contributed by atoms with Crippen LogP contribution in [-0.4, -0.2) is 6.29 Å². The van der Waals surface area contributed by atoms with E-state index in [1.807, 2.05) is 25.1 Å². The standard InChI is InChI=1S/C15H20O/c1-4-8-12(2)15(13(3)11-16)14-9-6-5-7-10-14/h5-11,13,15H,4H2,1-3H3/b12-8+/t13-,15-/m1/s1. The minimum absolute atomic E-state index is 0.0326. The lowest BCUT2D eigenvalue weighted by atomic mass is 9.82. The van der Waals surface area contributed by atoms with Crippen LogP contribution in [0.15, 0.2) is 42.0 Å². The summed E-state index contributed by atoms with van der Waals surface area (Å²) in [5.41, 5.74) is 2.51. The zero-order chi connectivity index (χ0) is 12.0. The highest BCUT2D eigenvalue weighted by atomic mass is 16.1. The molecule has 0 saturated heterocycles. The van der Waals surface area contributed by atoms with E-state index in [0.29, 0.717) is 0 Å². The molecule has 0 aliphatic carbocycles. The number of rotatable bonds is 5. The molecule has 2 atom stereocenters. The van der Waals surface area contributed by atoms with Crippen molar-refractivity contribution in [2.24, 2.45) is 5.92 Å². The Morgan fingerprint density at radius 1 is 1.31 bits per heavy atom. The van der Waals surface area contributed by atoms with Crippen LogP contribution >= 0.6 is 0 Å². The van der Waals surface area contributed by atoms with E-state index in [2.05, 4.69) is 32.1 Å². The van der Waals surface area contributed by atoms with Gasteiger partial charge in [0.1, 0.15) is 6.29 Å². The van der Waals surface area contributed by atoms with Gasteiger partial charge in [-0.2, -0.15) is 0 Å². The van der Waals surface area contributed by atoms with Crippen LogP contribution in [0.4, 0.5) is 0 Å². The Morgan fingerprint density at radius 2 is 1.94 bits per heavy atom. The van der Waals surface area contributed by atoms with Crippen molar-refractivity contribution >= 4 is 6.29 Å². The van der Waals surface area contributed by atoms with Crippen LogP contribution in [0.3, 0.4) is 0 Å². The third kappa shape index (κ3) is 3.06. The first-order valence-electron chi connectivity index (χ1n) is 5.87. The molecule has 86 valence electrons. The minimum Gasteiger partial charge on any atom is -0.303 e. The molecule has 0 aliphatic rings. The Balaban J connectivity index is 3.06. The summed E-state index contributed by atoms with van der Waals surface area (Å²) in [6.45, 7) is 6.22. The summed E-state index contributed by atoms with van der Waals surface area (Å²) in [5.74, 6) is 0.254. The molecule has 1 heteroatoms. The van der Waals surface area contributed by atoms with Gasteiger partial charge in [-0.25, -0.2) is 0 Å². The lowest BCUT2D eigenvalue weighted by molar-refractivity contribution is -0.111. The first kappa shape index (κ1) is 12.7. The number of carbonyl (C=O) groups is 1. The fourth-order valence-electron chi connectivity index (χ4n) is 2.17. The van der Waals surface area contributed by atoms with Crippen LogP contribution in [0.25, 0.3) is 0 Å². The van der Waals surface area contributed by atoms with Gasteiger partial charge in [0.05, 0.1) is 0 Å². The van der Waals surface area contributed by atoms with Gasteiger partial charge in [-0.05, 0) is 18.9 Å². The highest BCUT2D eigenvalue weighted by molar-refractivity contribution is 5.57. The molecule has 0 unspecified atom stereocenters. The largest absolute Gasteiger partial charge is 0.303 e. The molecule has 1 aromatic carbocycles. The highest BCUT2D eigenvalue weighted by Gasteiger charge is 2.19. The molecule has 0 saturated carbocycles. The smallest absolute Gasteiger partial charge is 0.123 e. The number of hydrogen-bond donors (Lipinski definition) is 0. The van der Waals surface area contributed by atoms with Crippen LogP contribution < -0.4 is 0 Å². The van der Waals surface area contributed by atoms with Crippen molar-refractivity contribution in [2.45, 2.75) is 33.1 Å². The van der Waals surface area contributed by atoms with Crippen LogP contribution in [0.1, 0.15) is 38.7 Å². The molecule has 16 heavy (non-hydrogen) atoms. The normalized spacial score (nSPS) is 15.6. The van der Waals surface area contributed by atoms with Crippen molar-refractivity contribution in [1.29, 1.82) is 0 Å². The zero-order valence-electron chi connectivity index (χ0n) is 10.3. The van der Waals surface area contributed by atoms with E-state index >= 15 is 0 Å². The van der Waals surface area contributed by atoms with E-state index in [1.165, 1.54) is 11.1 Å². The highest BCUT2D eigenvalue weighted by Crippen LogP contribution is 2.30. The maximum atomic E-state index is 11.0. The van der Waals surface area contributed by atoms with E-state index < -0.39 is 0 Å². The van der Waals surface area contributed by atoms with Crippen LogP contribution in [-0.2, 0) is 4.79 Å². The van der Waals surface area contributed by atoms with E-state index in [0.717, 1.165) is 12.7 Å². The Hall–Kier alpha value is -1.37. The second kappa shape index (κ2) is 6.26. The lowest BCUT2D eigenvalue weighted by Crippen LogP contribution is -2.12. The van der Waals surface area contributed by atoms with Crippen LogP contribution in [0, 0.1) is 5.92 Å². The monoisotopic (exact) mass is 216 g/mol. The van der Waals surface area contributed by atoms with Crippen molar-refractivity contribution in [2.75, 3.05) is 0 Å². The fourth-order valence-corrected chi connectivity index (χ4v) is 2.17. The Bertz CT molecular complexity index is 351. The molecular formula is C15H20O. The van der Waals surface area contributed by atoms with Crippen molar-refractivity contribution in [3.05, 3.63) is 47.5 Å². The topological polar surface area (TPSA) is 17.1 Å². The third-order valence-electron chi connectivity index (χ3n) is 2.92. The maximum absolute atomic E-state index is 11.0. The summed E-state index contributed by atoms with van der Waals surface area (Å²) in [6.07, 6.45) is 4.27. The van der Waals surface area contributed by atoms with E-state index in [4.69, 9.17) is 0 Å². The van der Waals surface area contributed by atoms with Gasteiger partial charge in [0, 0.05) is 11.8 Å². The molecule has 0 radical (unpaired) electrons. The fraction of sp³-hybridized carbons (Fsp3) is 0.400. The summed E-state index contributed by atoms with van der Waals surface area (Å²) in [5, 5.41) is 0. The summed E-state index contributed by atoms with van der Waals surface area (Å²) in [6, 6.07) is 10.2. The SMILES string of the molecule is CC/C=C(\C)[C@@H](c1ccccc1)[C@H](C)C=O. The number of benzene rings is 1. The zero-order valence-corrected chi connectivity index (χ0v) is 10.3. The molecule has 0 heterocycles. The summed E-state index contributed by atoms with van der Waals surface area (Å²) in [4.78, 5) is 11.0. The number of aldehydes is 1. The molecule has 0 aromatic heterocycles.